The van der Waals surface area contributed by atoms with Crippen molar-refractivity contribution in [2.45, 2.75) is 63.6 Å². The molecule has 33 heavy (non-hydrogen) atoms. The molecule has 0 bridgehead atoms. The molecule has 8 nitrogen and oxygen atoms in total. The Kier molecular flexibility index (Phi) is 8.10. The van der Waals surface area contributed by atoms with Crippen LogP contribution in [0.4, 0.5) is 4.79 Å². The Bertz CT molecular complexity index is 929. The van der Waals surface area contributed by atoms with Gasteiger partial charge in [0.05, 0.1) is 6.04 Å². The highest BCUT2D eigenvalue weighted by Crippen LogP contribution is 2.31. The van der Waals surface area contributed by atoms with Crippen LogP contribution in [0.2, 0.25) is 0 Å². The molecule has 0 spiro atoms. The molecular weight excluding hydrogens is 420 g/mol. The molecule has 1 aliphatic carbocycles. The van der Waals surface area contributed by atoms with Gasteiger partial charge in [-0.15, -0.1) is 12.3 Å². The van der Waals surface area contributed by atoms with Crippen LogP contribution >= 0.6 is 0 Å². The van der Waals surface area contributed by atoms with Crippen molar-refractivity contribution < 1.29 is 19.2 Å². The van der Waals surface area contributed by atoms with E-state index in [1.54, 1.807) is 4.90 Å². The minimum Gasteiger partial charge on any atom is -0.344 e. The fourth-order valence-electron chi connectivity index (χ4n) is 4.78. The second kappa shape index (κ2) is 11.0. The summed E-state index contributed by atoms with van der Waals surface area (Å²) in [6, 6.07) is 5.49. The number of hydrogen-bond acceptors (Lipinski definition) is 4. The van der Waals surface area contributed by atoms with Gasteiger partial charge in [0, 0.05) is 20.0 Å². The largest absolute Gasteiger partial charge is 0.344 e. The van der Waals surface area contributed by atoms with E-state index in [1.165, 1.54) is 25.1 Å². The van der Waals surface area contributed by atoms with Crippen molar-refractivity contribution in [2.75, 3.05) is 13.6 Å². The maximum atomic E-state index is 13.7. The normalized spacial score (nSPS) is 19.2. The van der Waals surface area contributed by atoms with Gasteiger partial charge in [0.25, 0.3) is 0 Å². The van der Waals surface area contributed by atoms with Gasteiger partial charge in [-0.3, -0.25) is 14.4 Å². The van der Waals surface area contributed by atoms with Crippen molar-refractivity contribution in [3.8, 4) is 12.3 Å². The minimum atomic E-state index is -0.754. The van der Waals surface area contributed by atoms with E-state index in [1.807, 2.05) is 24.3 Å². The van der Waals surface area contributed by atoms with Crippen LogP contribution in [-0.2, 0) is 27.2 Å². The zero-order chi connectivity index (χ0) is 24.0. The summed E-state index contributed by atoms with van der Waals surface area (Å²) >= 11 is 0. The number of urea groups is 1. The molecule has 1 aromatic rings. The smallest absolute Gasteiger partial charge is 0.315 e. The van der Waals surface area contributed by atoms with Crippen LogP contribution in [0.5, 0.6) is 0 Å². The number of Topliss-reactive ketones (excluding diaryl/α,β-unsaturated/α-hetero) is 1. The Labute approximate surface area is 194 Å². The quantitative estimate of drug-likeness (QED) is 0.515. The van der Waals surface area contributed by atoms with E-state index in [9.17, 15) is 19.2 Å². The second-order valence-corrected chi connectivity index (χ2v) is 8.74. The van der Waals surface area contributed by atoms with Gasteiger partial charge in [-0.2, -0.15) is 0 Å². The number of fused-ring (bicyclic) bond motifs is 1. The Morgan fingerprint density at radius 3 is 2.39 bits per heavy atom. The predicted molar refractivity (Wildman–Crippen MR) is 124 cm³/mol. The molecule has 1 aromatic carbocycles. The van der Waals surface area contributed by atoms with E-state index in [0.717, 1.165) is 0 Å². The van der Waals surface area contributed by atoms with Crippen molar-refractivity contribution in [3.05, 3.63) is 35.4 Å². The highest BCUT2D eigenvalue weighted by atomic mass is 16.2. The van der Waals surface area contributed by atoms with E-state index in [0.29, 0.717) is 45.1 Å². The number of terminal acetylenes is 1. The molecule has 1 fully saturated rings. The van der Waals surface area contributed by atoms with Gasteiger partial charge in [0.15, 0.2) is 5.78 Å². The number of rotatable bonds is 8. The van der Waals surface area contributed by atoms with Gasteiger partial charge in [0.2, 0.25) is 11.8 Å². The molecule has 176 valence electrons. The first-order valence-electron chi connectivity index (χ1n) is 11.5. The molecule has 3 atom stereocenters. The Morgan fingerprint density at radius 2 is 1.82 bits per heavy atom. The first-order valence-corrected chi connectivity index (χ1v) is 11.5. The van der Waals surface area contributed by atoms with Gasteiger partial charge in [-0.1, -0.05) is 24.3 Å². The van der Waals surface area contributed by atoms with Gasteiger partial charge in [-0.05, 0) is 56.1 Å². The van der Waals surface area contributed by atoms with Gasteiger partial charge >= 0.3 is 6.03 Å². The number of benzene rings is 1. The van der Waals surface area contributed by atoms with E-state index in [2.05, 4.69) is 21.9 Å². The fourth-order valence-corrected chi connectivity index (χ4v) is 4.78. The van der Waals surface area contributed by atoms with Crippen molar-refractivity contribution in [1.82, 2.24) is 20.9 Å². The Balaban J connectivity index is 1.76. The summed E-state index contributed by atoms with van der Waals surface area (Å²) in [5.74, 6) is 1.60. The lowest BCUT2D eigenvalue weighted by Crippen LogP contribution is -2.58. The van der Waals surface area contributed by atoms with Crippen LogP contribution in [0.15, 0.2) is 24.3 Å². The molecule has 0 saturated carbocycles. The number of ketones is 1. The molecule has 1 heterocycles. The summed E-state index contributed by atoms with van der Waals surface area (Å²) in [5.41, 5.74) is 2.35. The van der Waals surface area contributed by atoms with E-state index in [-0.39, 0.29) is 23.5 Å². The topological polar surface area (TPSA) is 108 Å². The van der Waals surface area contributed by atoms with E-state index >= 15 is 0 Å². The molecule has 3 N–H and O–H groups in total. The van der Waals surface area contributed by atoms with E-state index < -0.39 is 24.2 Å². The fraction of sp³-hybridized carbons (Fsp3) is 0.520. The summed E-state index contributed by atoms with van der Waals surface area (Å²) in [7, 11) is 1.50. The molecule has 4 amide bonds. The first-order chi connectivity index (χ1) is 15.8. The molecule has 8 heteroatoms. The average molecular weight is 453 g/mol. The zero-order valence-corrected chi connectivity index (χ0v) is 19.2. The highest BCUT2D eigenvalue weighted by molar-refractivity contribution is 5.94. The number of carbonyl (C=O) groups excluding carboxylic acids is 4. The number of hydrogen-bond donors (Lipinski definition) is 3. The maximum absolute atomic E-state index is 13.7. The van der Waals surface area contributed by atoms with Crippen molar-refractivity contribution in [3.63, 3.8) is 0 Å². The van der Waals surface area contributed by atoms with Crippen LogP contribution in [0.25, 0.3) is 0 Å². The summed E-state index contributed by atoms with van der Waals surface area (Å²) in [6.07, 6.45) is 8.58. The highest BCUT2D eigenvalue weighted by Gasteiger charge is 2.42. The number of amides is 4. The van der Waals surface area contributed by atoms with Crippen LogP contribution in [0.3, 0.4) is 0 Å². The number of likely N-dealkylation sites (tertiary alicyclic amines) is 1. The van der Waals surface area contributed by atoms with Crippen LogP contribution in [0.1, 0.15) is 43.7 Å². The van der Waals surface area contributed by atoms with Crippen molar-refractivity contribution >= 4 is 23.6 Å². The first kappa shape index (κ1) is 24.3. The third kappa shape index (κ3) is 5.72. The number of nitrogens with zero attached hydrogens (tertiary/aromatic N) is 1. The molecule has 3 rings (SSSR count). The molecule has 2 aliphatic rings. The number of carbonyl (C=O) groups is 4. The Morgan fingerprint density at radius 1 is 1.15 bits per heavy atom. The SMILES string of the molecule is C#CCCC(NC(=O)C1CCCN1C(=O)C(NC(=O)NC)C1Cc2ccccc2C1)C(C)=O. The van der Waals surface area contributed by atoms with Gasteiger partial charge in [-0.25, -0.2) is 4.79 Å². The lowest BCUT2D eigenvalue weighted by atomic mass is 9.95. The third-order valence-electron chi connectivity index (χ3n) is 6.56. The molecule has 0 aromatic heterocycles. The van der Waals surface area contributed by atoms with Gasteiger partial charge < -0.3 is 20.9 Å². The summed E-state index contributed by atoms with van der Waals surface area (Å²) < 4.78 is 0. The van der Waals surface area contributed by atoms with Crippen LogP contribution in [0, 0.1) is 18.3 Å². The molecular formula is C25H32N4O4. The Hall–Kier alpha value is -3.34. The standard InChI is InChI=1S/C25H32N4O4/c1-4-5-11-20(16(2)30)27-23(31)21-12-8-13-29(21)24(32)22(28-25(33)26-3)19-14-17-9-6-7-10-18(17)15-19/h1,6-7,9-10,19-22H,5,8,11-15H2,2-3H3,(H,27,31)(H2,26,28,33). The molecule has 0 radical (unpaired) electrons. The second-order valence-electron chi connectivity index (χ2n) is 8.74. The molecule has 3 unspecified atom stereocenters. The minimum absolute atomic E-state index is 0.0999. The summed E-state index contributed by atoms with van der Waals surface area (Å²) in [4.78, 5) is 52.4. The molecule has 1 saturated heterocycles. The van der Waals surface area contributed by atoms with Crippen LogP contribution < -0.4 is 16.0 Å². The average Bonchev–Trinajstić information content (AvgIpc) is 3.46. The number of nitrogens with one attached hydrogen (secondary N) is 3. The lowest BCUT2D eigenvalue weighted by molar-refractivity contribution is -0.141. The predicted octanol–water partition coefficient (Wildman–Crippen LogP) is 1.18. The van der Waals surface area contributed by atoms with Crippen molar-refractivity contribution in [1.29, 1.82) is 0 Å². The zero-order valence-electron chi connectivity index (χ0n) is 19.2. The lowest BCUT2D eigenvalue weighted by Gasteiger charge is -2.32. The molecule has 1 aliphatic heterocycles. The van der Waals surface area contributed by atoms with Gasteiger partial charge in [0.1, 0.15) is 12.1 Å². The van der Waals surface area contributed by atoms with Crippen molar-refractivity contribution in [2.24, 2.45) is 5.92 Å². The maximum Gasteiger partial charge on any atom is 0.315 e. The summed E-state index contributed by atoms with van der Waals surface area (Å²) in [5, 5.41) is 8.12. The monoisotopic (exact) mass is 452 g/mol. The summed E-state index contributed by atoms with van der Waals surface area (Å²) in [6.45, 7) is 1.84. The van der Waals surface area contributed by atoms with E-state index in [4.69, 9.17) is 6.42 Å². The van der Waals surface area contributed by atoms with Crippen LogP contribution in [-0.4, -0.2) is 60.2 Å². The third-order valence-corrected chi connectivity index (χ3v) is 6.56.